The van der Waals surface area contributed by atoms with Crippen molar-refractivity contribution < 1.29 is 22.4 Å². The molecule has 0 fully saturated rings. The highest BCUT2D eigenvalue weighted by atomic mass is 35.5. The molecule has 0 radical (unpaired) electrons. The molecule has 1 atom stereocenters. The van der Waals surface area contributed by atoms with E-state index in [4.69, 9.17) is 11.6 Å². The number of aromatic nitrogens is 4. The Morgan fingerprint density at radius 3 is 2.67 bits per heavy atom. The third-order valence-corrected chi connectivity index (χ3v) is 5.54. The zero-order valence-electron chi connectivity index (χ0n) is 16.8. The van der Waals surface area contributed by atoms with Gasteiger partial charge in [-0.15, -0.1) is 4.80 Å². The molecule has 15 heteroatoms. The zero-order valence-corrected chi connectivity index (χ0v) is 17.5. The van der Waals surface area contributed by atoms with Crippen molar-refractivity contribution in [1.82, 2.24) is 34.9 Å². The van der Waals surface area contributed by atoms with E-state index in [1.165, 1.54) is 41.5 Å². The first kappa shape index (κ1) is 21.3. The molecular weight excluding hydrogens is 470 g/mol. The lowest BCUT2D eigenvalue weighted by molar-refractivity contribution is -0.169. The van der Waals surface area contributed by atoms with Crippen LogP contribution in [-0.4, -0.2) is 73.5 Å². The molecule has 5 heterocycles. The predicted molar refractivity (Wildman–Crippen MR) is 108 cm³/mol. The molecule has 3 aliphatic heterocycles. The van der Waals surface area contributed by atoms with E-state index in [0.717, 1.165) is 16.1 Å². The summed E-state index contributed by atoms with van der Waals surface area (Å²) in [6.45, 7) is -0.913. The molecule has 172 valence electrons. The minimum absolute atomic E-state index is 0.0726. The highest BCUT2D eigenvalue weighted by Crippen LogP contribution is 2.46. The Kier molecular flexibility index (Phi) is 4.86. The monoisotopic (exact) mass is 483 g/mol. The molecule has 0 aliphatic carbocycles. The number of hydrogen-bond donors (Lipinski definition) is 1. The molecule has 2 aromatic heterocycles. The number of halogens is 5. The van der Waals surface area contributed by atoms with Crippen LogP contribution in [0.2, 0.25) is 5.02 Å². The van der Waals surface area contributed by atoms with Crippen molar-refractivity contribution in [2.24, 2.45) is 10.9 Å². The number of urea groups is 1. The first-order valence-corrected chi connectivity index (χ1v) is 9.88. The fourth-order valence-electron chi connectivity index (χ4n) is 3.85. The molecular formula is C18H14ClF4N9O. The molecule has 0 saturated heterocycles. The van der Waals surface area contributed by atoms with Crippen molar-refractivity contribution in [3.8, 4) is 5.82 Å². The maximum atomic E-state index is 14.2. The van der Waals surface area contributed by atoms with Gasteiger partial charge in [0, 0.05) is 13.6 Å². The molecule has 0 aromatic carbocycles. The normalized spacial score (nSPS) is 20.6. The van der Waals surface area contributed by atoms with Gasteiger partial charge in [0.1, 0.15) is 5.92 Å². The van der Waals surface area contributed by atoms with E-state index in [1.54, 1.807) is 0 Å². The van der Waals surface area contributed by atoms with Crippen LogP contribution in [0.1, 0.15) is 0 Å². The van der Waals surface area contributed by atoms with E-state index in [1.807, 2.05) is 0 Å². The molecule has 1 unspecified atom stereocenters. The first-order chi connectivity index (χ1) is 15.6. The summed E-state index contributed by atoms with van der Waals surface area (Å²) in [6.07, 6.45) is 0.533. The van der Waals surface area contributed by atoms with Crippen molar-refractivity contribution >= 4 is 29.5 Å². The molecule has 5 rings (SSSR count). The van der Waals surface area contributed by atoms with Crippen LogP contribution in [0.15, 0.2) is 52.7 Å². The van der Waals surface area contributed by atoms with Gasteiger partial charge in [-0.05, 0) is 6.07 Å². The predicted octanol–water partition coefficient (Wildman–Crippen LogP) is 2.94. The van der Waals surface area contributed by atoms with Gasteiger partial charge in [-0.1, -0.05) is 11.6 Å². The number of fused-ring (bicyclic) bond motifs is 2. The maximum Gasteiger partial charge on any atom is 0.399 e. The van der Waals surface area contributed by atoms with Crippen molar-refractivity contribution in [1.29, 1.82) is 0 Å². The van der Waals surface area contributed by atoms with Crippen LogP contribution in [0.5, 0.6) is 0 Å². The summed E-state index contributed by atoms with van der Waals surface area (Å²) < 4.78 is 55.8. The Bertz CT molecular complexity index is 1220. The molecule has 1 N–H and O–H groups in total. The highest BCUT2D eigenvalue weighted by Gasteiger charge is 2.54. The van der Waals surface area contributed by atoms with E-state index in [0.29, 0.717) is 0 Å². The topological polar surface area (TPSA) is 94.8 Å². The van der Waals surface area contributed by atoms with Crippen molar-refractivity contribution in [3.05, 3.63) is 52.7 Å². The van der Waals surface area contributed by atoms with Gasteiger partial charge in [0.05, 0.1) is 53.5 Å². The van der Waals surface area contributed by atoms with Crippen LogP contribution in [0.4, 0.5) is 28.0 Å². The first-order valence-electron chi connectivity index (χ1n) is 9.50. The van der Waals surface area contributed by atoms with Gasteiger partial charge in [-0.2, -0.15) is 23.4 Å². The van der Waals surface area contributed by atoms with Gasteiger partial charge in [-0.25, -0.2) is 24.2 Å². The number of allylic oxidation sites excluding steroid dienone is 1. The van der Waals surface area contributed by atoms with Crippen LogP contribution >= 0.6 is 11.6 Å². The van der Waals surface area contributed by atoms with E-state index >= 15 is 0 Å². The van der Waals surface area contributed by atoms with Crippen LogP contribution in [0, 0.1) is 5.92 Å². The Hall–Kier alpha value is -3.52. The number of carbonyl (C=O) groups excluding carboxylic acids is 1. The Morgan fingerprint density at radius 2 is 2.00 bits per heavy atom. The second kappa shape index (κ2) is 7.52. The van der Waals surface area contributed by atoms with Gasteiger partial charge in [-0.3, -0.25) is 9.91 Å². The quantitative estimate of drug-likeness (QED) is 0.660. The minimum atomic E-state index is -4.67. The van der Waals surface area contributed by atoms with Gasteiger partial charge < -0.3 is 5.32 Å². The third-order valence-electron chi connectivity index (χ3n) is 5.26. The number of anilines is 1. The van der Waals surface area contributed by atoms with E-state index < -0.39 is 30.5 Å². The summed E-state index contributed by atoms with van der Waals surface area (Å²) in [6, 6.07) is 0.523. The summed E-state index contributed by atoms with van der Waals surface area (Å²) in [5.41, 5.74) is -0.179. The minimum Gasteiger partial charge on any atom is -0.306 e. The molecule has 10 nitrogen and oxygen atoms in total. The lowest BCUT2D eigenvalue weighted by Gasteiger charge is -2.33. The summed E-state index contributed by atoms with van der Waals surface area (Å²) in [5, 5.41) is 12.8. The van der Waals surface area contributed by atoms with Crippen LogP contribution in [0.3, 0.4) is 0 Å². The molecule has 33 heavy (non-hydrogen) atoms. The largest absolute Gasteiger partial charge is 0.399 e. The number of rotatable bonds is 2. The number of amides is 2. The maximum absolute atomic E-state index is 14.2. The standard InChI is InChI=1S/C18H14ClF4N9O/c1-29-8-12(20)16-25-6-13-14(31(16)29)10(18(21,22)23)7-30(13)17(33)28-9-4-11(19)15(24-5-9)32-26-2-3-27-32/h2-6,10H,7-8H2,1H3,(H,28,33). The fourth-order valence-corrected chi connectivity index (χ4v) is 4.10. The summed E-state index contributed by atoms with van der Waals surface area (Å²) in [5.74, 6) is -2.69. The van der Waals surface area contributed by atoms with Crippen LogP contribution in [0.25, 0.3) is 5.82 Å². The van der Waals surface area contributed by atoms with Gasteiger partial charge >= 0.3 is 12.2 Å². The lowest BCUT2D eigenvalue weighted by Crippen LogP contribution is -2.40. The summed E-state index contributed by atoms with van der Waals surface area (Å²) in [4.78, 5) is 23.1. The Morgan fingerprint density at radius 1 is 1.27 bits per heavy atom. The van der Waals surface area contributed by atoms with Crippen molar-refractivity contribution in [3.63, 3.8) is 0 Å². The number of alkyl halides is 3. The zero-order chi connectivity index (χ0) is 23.5. The summed E-state index contributed by atoms with van der Waals surface area (Å²) >= 11 is 6.19. The van der Waals surface area contributed by atoms with Crippen LogP contribution in [-0.2, 0) is 0 Å². The average molecular weight is 484 g/mol. The number of likely N-dealkylation sites (N-methyl/N-ethyl adjacent to an activating group) is 1. The van der Waals surface area contributed by atoms with Crippen LogP contribution < -0.4 is 5.32 Å². The van der Waals surface area contributed by atoms with Crippen molar-refractivity contribution in [2.75, 3.05) is 25.5 Å². The number of hydrogen-bond acceptors (Lipinski definition) is 7. The fraction of sp³-hybridized carbons (Fsp3) is 0.278. The molecule has 2 aromatic rings. The number of pyridine rings is 1. The highest BCUT2D eigenvalue weighted by molar-refractivity contribution is 6.32. The van der Waals surface area contributed by atoms with E-state index in [-0.39, 0.29) is 40.3 Å². The van der Waals surface area contributed by atoms with E-state index in [9.17, 15) is 22.4 Å². The SMILES string of the molecule is CN1CC(F)=C2N=CC3=C(C(C(F)(F)F)CN3C(=O)Nc3cnc(-n4nccn4)c(Cl)c3)N21. The van der Waals surface area contributed by atoms with Gasteiger partial charge in [0.2, 0.25) is 0 Å². The number of hydrazine groups is 1. The molecule has 0 bridgehead atoms. The molecule has 3 aliphatic rings. The Balaban J connectivity index is 1.44. The summed E-state index contributed by atoms with van der Waals surface area (Å²) in [7, 11) is 1.44. The molecule has 2 amide bonds. The number of aliphatic imine (C=N–C) groups is 1. The van der Waals surface area contributed by atoms with Gasteiger partial charge in [0.15, 0.2) is 17.5 Å². The smallest absolute Gasteiger partial charge is 0.306 e. The average Bonchev–Trinajstić information content (AvgIpc) is 3.45. The number of nitrogens with zero attached hydrogens (tertiary/aromatic N) is 8. The molecule has 0 spiro atoms. The lowest BCUT2D eigenvalue weighted by atomic mass is 10.1. The molecule has 0 saturated carbocycles. The third kappa shape index (κ3) is 3.51. The second-order valence-electron chi connectivity index (χ2n) is 7.37. The second-order valence-corrected chi connectivity index (χ2v) is 7.77. The Labute approximate surface area is 188 Å². The van der Waals surface area contributed by atoms with Crippen molar-refractivity contribution in [2.45, 2.75) is 6.18 Å². The number of nitrogens with one attached hydrogen (secondary N) is 1. The number of carbonyl (C=O) groups is 1. The van der Waals surface area contributed by atoms with Gasteiger partial charge in [0.25, 0.3) is 0 Å². The van der Waals surface area contributed by atoms with E-state index in [2.05, 4.69) is 25.5 Å².